The molecule has 3 aliphatic heterocycles. The zero-order chi connectivity index (χ0) is 19.6. The Morgan fingerprint density at radius 2 is 2.25 bits per heavy atom. The van der Waals surface area contributed by atoms with Crippen molar-refractivity contribution in [1.82, 2.24) is 5.16 Å². The second-order valence-corrected chi connectivity index (χ2v) is 7.65. The molecule has 1 spiro atoms. The quantitative estimate of drug-likeness (QED) is 0.796. The van der Waals surface area contributed by atoms with Crippen LogP contribution in [0.1, 0.15) is 5.76 Å². The Kier molecular flexibility index (Phi) is 3.66. The van der Waals surface area contributed by atoms with E-state index >= 15 is 0 Å². The van der Waals surface area contributed by atoms with Crippen LogP contribution < -0.4 is 10.2 Å². The maximum absolute atomic E-state index is 13.4. The Bertz CT molecular complexity index is 1040. The van der Waals surface area contributed by atoms with Gasteiger partial charge < -0.3 is 14.6 Å². The van der Waals surface area contributed by atoms with Gasteiger partial charge in [-0.3, -0.25) is 14.5 Å². The van der Waals surface area contributed by atoms with E-state index in [0.717, 1.165) is 0 Å². The van der Waals surface area contributed by atoms with Crippen molar-refractivity contribution in [1.29, 1.82) is 0 Å². The maximum atomic E-state index is 13.4. The Hall–Kier alpha value is -2.71. The van der Waals surface area contributed by atoms with E-state index in [1.54, 1.807) is 13.0 Å². The fourth-order valence-electron chi connectivity index (χ4n) is 4.27. The van der Waals surface area contributed by atoms with Crippen LogP contribution in [0.4, 0.5) is 15.9 Å². The van der Waals surface area contributed by atoms with E-state index in [9.17, 15) is 14.0 Å². The number of hydrogen-bond acceptors (Lipinski definition) is 5. The van der Waals surface area contributed by atoms with Gasteiger partial charge >= 0.3 is 0 Å². The molecule has 0 aliphatic carbocycles. The van der Waals surface area contributed by atoms with Crippen molar-refractivity contribution in [3.05, 3.63) is 53.0 Å². The van der Waals surface area contributed by atoms with E-state index in [0.29, 0.717) is 17.3 Å². The molecule has 2 fully saturated rings. The van der Waals surface area contributed by atoms with Gasteiger partial charge in [0.05, 0.1) is 29.5 Å². The first-order chi connectivity index (χ1) is 13.4. The molecule has 1 aromatic carbocycles. The molecule has 0 radical (unpaired) electrons. The number of nitrogens with zero attached hydrogens (tertiary/aromatic N) is 2. The highest BCUT2D eigenvalue weighted by Crippen LogP contribution is 2.52. The Balaban J connectivity index is 1.43. The smallest absolute Gasteiger partial charge is 0.235 e. The molecule has 1 N–H and O–H groups in total. The molecule has 5 rings (SSSR count). The van der Waals surface area contributed by atoms with Crippen molar-refractivity contribution in [2.24, 2.45) is 11.8 Å². The number of hydrogen-bond donors (Lipinski definition) is 1. The van der Waals surface area contributed by atoms with Gasteiger partial charge in [-0.15, -0.1) is 0 Å². The zero-order valence-electron chi connectivity index (χ0n) is 14.7. The highest BCUT2D eigenvalue weighted by Gasteiger charge is 2.67. The van der Waals surface area contributed by atoms with Crippen LogP contribution in [0.25, 0.3) is 0 Å². The van der Waals surface area contributed by atoms with Crippen molar-refractivity contribution >= 4 is 34.9 Å². The number of benzene rings is 1. The number of anilines is 2. The highest BCUT2D eigenvalue weighted by atomic mass is 35.5. The summed E-state index contributed by atoms with van der Waals surface area (Å²) in [5, 5.41) is 6.53. The molecular formula is C19H15ClFN3O4. The van der Waals surface area contributed by atoms with Gasteiger partial charge in [0.15, 0.2) is 5.82 Å². The lowest BCUT2D eigenvalue weighted by Crippen LogP contribution is -2.41. The molecule has 2 saturated heterocycles. The molecule has 2 amide bonds. The molecule has 2 bridgehead atoms. The molecule has 9 heteroatoms. The molecule has 0 unspecified atom stereocenters. The minimum Gasteiger partial charge on any atom is -0.360 e. The van der Waals surface area contributed by atoms with Gasteiger partial charge in [-0.05, 0) is 25.1 Å². The number of nitrogens with one attached hydrogen (secondary N) is 1. The third-order valence-corrected chi connectivity index (χ3v) is 5.77. The summed E-state index contributed by atoms with van der Waals surface area (Å²) < 4.78 is 24.5. The topological polar surface area (TPSA) is 84.7 Å². The number of halogens is 2. The number of ether oxygens (including phenoxy) is 1. The van der Waals surface area contributed by atoms with Crippen molar-refractivity contribution < 1.29 is 23.2 Å². The second-order valence-electron chi connectivity index (χ2n) is 7.24. The van der Waals surface area contributed by atoms with Crippen LogP contribution in [0.5, 0.6) is 0 Å². The minimum absolute atomic E-state index is 0.0946. The van der Waals surface area contributed by atoms with Gasteiger partial charge in [-0.2, -0.15) is 0 Å². The number of rotatable bonds is 3. The third-order valence-electron chi connectivity index (χ3n) is 5.48. The summed E-state index contributed by atoms with van der Waals surface area (Å²) in [5.41, 5.74) is -0.511. The van der Waals surface area contributed by atoms with Crippen LogP contribution >= 0.6 is 11.6 Å². The zero-order valence-corrected chi connectivity index (χ0v) is 15.4. The second kappa shape index (κ2) is 5.89. The summed E-state index contributed by atoms with van der Waals surface area (Å²) in [5.74, 6) is -1.59. The molecule has 1 aromatic heterocycles. The predicted molar refractivity (Wildman–Crippen MR) is 97.4 cm³/mol. The summed E-state index contributed by atoms with van der Waals surface area (Å²) in [6, 6.07) is 5.59. The van der Waals surface area contributed by atoms with E-state index in [1.807, 2.05) is 12.2 Å². The fraction of sp³-hybridized carbons (Fsp3) is 0.316. The van der Waals surface area contributed by atoms with Crippen LogP contribution in [0.3, 0.4) is 0 Å². The van der Waals surface area contributed by atoms with Crippen molar-refractivity contribution in [3.63, 3.8) is 0 Å². The number of amides is 2. The fourth-order valence-corrected chi connectivity index (χ4v) is 4.45. The lowest BCUT2D eigenvalue weighted by molar-refractivity contribution is -0.128. The van der Waals surface area contributed by atoms with Crippen LogP contribution in [-0.2, 0) is 14.3 Å². The average Bonchev–Trinajstić information content (AvgIpc) is 3.39. The summed E-state index contributed by atoms with van der Waals surface area (Å²) in [6.07, 6.45) is 3.17. The van der Waals surface area contributed by atoms with E-state index < -0.39 is 29.4 Å². The Labute approximate surface area is 164 Å². The number of fused-ring (bicyclic) bond motifs is 1. The van der Waals surface area contributed by atoms with Gasteiger partial charge in [-0.1, -0.05) is 28.9 Å². The van der Waals surface area contributed by atoms with Crippen LogP contribution in [0.15, 0.2) is 40.9 Å². The largest absolute Gasteiger partial charge is 0.360 e. The normalized spacial score (nSPS) is 30.2. The average molecular weight is 404 g/mol. The third kappa shape index (κ3) is 2.41. The minimum atomic E-state index is -0.864. The van der Waals surface area contributed by atoms with E-state index in [1.165, 1.54) is 23.1 Å². The standard InChI is InChI=1S/C19H15ClFN3O4/c1-9-6-14(23-28-9)24-8-19-5-4-13(27-19)15(16(19)18(24)26)17(25)22-10-2-3-12(21)11(20)7-10/h2-7,13,15-16H,8H2,1H3,(H,22,25)/t13-,15-,16-,19+/m1/s1. The Morgan fingerprint density at radius 3 is 2.96 bits per heavy atom. The summed E-state index contributed by atoms with van der Waals surface area (Å²) in [6.45, 7) is 2.00. The Morgan fingerprint density at radius 1 is 1.43 bits per heavy atom. The molecule has 7 nitrogen and oxygen atoms in total. The molecule has 28 heavy (non-hydrogen) atoms. The van der Waals surface area contributed by atoms with Crippen LogP contribution in [0.2, 0.25) is 5.02 Å². The van der Waals surface area contributed by atoms with Gasteiger partial charge in [0.1, 0.15) is 17.2 Å². The lowest BCUT2D eigenvalue weighted by atomic mass is 9.77. The number of carbonyl (C=O) groups excluding carboxylic acids is 2. The molecule has 2 aromatic rings. The summed E-state index contributed by atoms with van der Waals surface area (Å²) in [4.78, 5) is 27.6. The van der Waals surface area contributed by atoms with E-state index in [4.69, 9.17) is 20.9 Å². The summed E-state index contributed by atoms with van der Waals surface area (Å²) in [7, 11) is 0. The molecular weight excluding hydrogens is 389 g/mol. The first kappa shape index (κ1) is 17.4. The predicted octanol–water partition coefficient (Wildman–Crippen LogP) is 2.70. The molecule has 3 aliphatic rings. The first-order valence-electron chi connectivity index (χ1n) is 8.76. The van der Waals surface area contributed by atoms with Crippen molar-refractivity contribution in [3.8, 4) is 0 Å². The van der Waals surface area contributed by atoms with Gasteiger partial charge in [-0.25, -0.2) is 4.39 Å². The van der Waals surface area contributed by atoms with Gasteiger partial charge in [0.2, 0.25) is 11.8 Å². The van der Waals surface area contributed by atoms with E-state index in [-0.39, 0.29) is 23.4 Å². The monoisotopic (exact) mass is 403 g/mol. The molecule has 144 valence electrons. The van der Waals surface area contributed by atoms with E-state index in [2.05, 4.69) is 10.5 Å². The van der Waals surface area contributed by atoms with Gasteiger partial charge in [0, 0.05) is 11.8 Å². The van der Waals surface area contributed by atoms with Crippen LogP contribution in [-0.4, -0.2) is 35.2 Å². The van der Waals surface area contributed by atoms with Crippen LogP contribution in [0, 0.1) is 24.6 Å². The number of carbonyl (C=O) groups is 2. The van der Waals surface area contributed by atoms with Crippen molar-refractivity contribution in [2.45, 2.75) is 18.6 Å². The number of aryl methyl sites for hydroxylation is 1. The highest BCUT2D eigenvalue weighted by molar-refractivity contribution is 6.31. The first-order valence-corrected chi connectivity index (χ1v) is 9.13. The summed E-state index contributed by atoms with van der Waals surface area (Å²) >= 11 is 5.78. The van der Waals surface area contributed by atoms with Gasteiger partial charge in [0.25, 0.3) is 0 Å². The molecule has 4 heterocycles. The SMILES string of the molecule is Cc1cc(N2C[C@]34C=C[C@@H](O3)[C@@H](C(=O)Nc3ccc(F)c(Cl)c3)[C@@H]4C2=O)no1. The number of aromatic nitrogens is 1. The maximum Gasteiger partial charge on any atom is 0.235 e. The molecule has 4 atom stereocenters. The molecule has 0 saturated carbocycles. The lowest BCUT2D eigenvalue weighted by Gasteiger charge is -2.23. The van der Waals surface area contributed by atoms with Crippen molar-refractivity contribution in [2.75, 3.05) is 16.8 Å².